The normalized spacial score (nSPS) is 33.6. The summed E-state index contributed by atoms with van der Waals surface area (Å²) in [5, 5.41) is 0. The Hall–Kier alpha value is -0.900. The lowest BCUT2D eigenvalue weighted by atomic mass is 9.88. The fourth-order valence-electron chi connectivity index (χ4n) is 3.47. The average Bonchev–Trinajstić information content (AvgIpc) is 2.33. The van der Waals surface area contributed by atoms with E-state index in [0.717, 1.165) is 32.5 Å². The monoisotopic (exact) mass is 245 g/mol. The van der Waals surface area contributed by atoms with Crippen molar-refractivity contribution in [3.8, 4) is 0 Å². The number of benzene rings is 1. The number of piperidine rings is 1. The van der Waals surface area contributed by atoms with Crippen LogP contribution in [0.3, 0.4) is 0 Å². The Bertz CT molecular complexity index is 376. The van der Waals surface area contributed by atoms with Crippen molar-refractivity contribution in [2.75, 3.05) is 20.1 Å². The zero-order chi connectivity index (χ0) is 12.5. The molecule has 2 saturated heterocycles. The van der Waals surface area contributed by atoms with Crippen LogP contribution in [-0.2, 0) is 6.54 Å². The van der Waals surface area contributed by atoms with E-state index in [9.17, 15) is 0 Å². The molecule has 0 radical (unpaired) electrons. The van der Waals surface area contributed by atoms with Gasteiger partial charge in [0.25, 0.3) is 0 Å². The zero-order valence-electron chi connectivity index (χ0n) is 11.1. The first-order valence-electron chi connectivity index (χ1n) is 6.96. The fraction of sp³-hybridized carbons (Fsp3) is 0.600. The largest absolute Gasteiger partial charge is 0.328 e. The minimum absolute atomic E-state index is 0.412. The molecule has 0 aliphatic carbocycles. The van der Waals surface area contributed by atoms with Crippen LogP contribution in [0.4, 0.5) is 0 Å². The van der Waals surface area contributed by atoms with Crippen LogP contribution in [-0.4, -0.2) is 48.1 Å². The van der Waals surface area contributed by atoms with Crippen LogP contribution in [0.25, 0.3) is 0 Å². The number of piperazine rings is 1. The molecule has 3 atom stereocenters. The van der Waals surface area contributed by atoms with E-state index >= 15 is 0 Å². The number of nitrogens with zero attached hydrogens (tertiary/aromatic N) is 2. The van der Waals surface area contributed by atoms with E-state index in [1.54, 1.807) is 0 Å². The number of fused-ring (bicyclic) bond motifs is 2. The first-order chi connectivity index (χ1) is 8.72. The van der Waals surface area contributed by atoms with E-state index in [1.165, 1.54) is 5.56 Å². The second kappa shape index (κ2) is 5.00. The predicted molar refractivity (Wildman–Crippen MR) is 74.3 cm³/mol. The molecule has 2 bridgehead atoms. The summed E-state index contributed by atoms with van der Waals surface area (Å²) in [7, 11) is 2.26. The molecule has 0 saturated carbocycles. The van der Waals surface area contributed by atoms with Gasteiger partial charge >= 0.3 is 0 Å². The lowest BCUT2D eigenvalue weighted by Gasteiger charge is -2.50. The SMILES string of the molecule is CN1[C@@H]2C[C@@H](N)C[C@H]1CN(Cc1ccccc1)C2. The van der Waals surface area contributed by atoms with Crippen molar-refractivity contribution in [1.82, 2.24) is 9.80 Å². The topological polar surface area (TPSA) is 32.5 Å². The molecule has 98 valence electrons. The molecule has 0 aromatic heterocycles. The van der Waals surface area contributed by atoms with E-state index in [1.807, 2.05) is 0 Å². The number of rotatable bonds is 2. The minimum atomic E-state index is 0.412. The maximum absolute atomic E-state index is 6.14. The summed E-state index contributed by atoms with van der Waals surface area (Å²) in [6, 6.07) is 12.5. The quantitative estimate of drug-likeness (QED) is 0.852. The molecule has 3 rings (SSSR count). The summed E-state index contributed by atoms with van der Waals surface area (Å²) in [4.78, 5) is 5.14. The van der Waals surface area contributed by atoms with Gasteiger partial charge in [0, 0.05) is 37.8 Å². The highest BCUT2D eigenvalue weighted by molar-refractivity contribution is 5.15. The van der Waals surface area contributed by atoms with Crippen LogP contribution in [0.2, 0.25) is 0 Å². The number of likely N-dealkylation sites (N-methyl/N-ethyl adjacent to an activating group) is 1. The second-order valence-electron chi connectivity index (χ2n) is 5.88. The number of hydrogen-bond donors (Lipinski definition) is 1. The van der Waals surface area contributed by atoms with Crippen LogP contribution in [0.5, 0.6) is 0 Å². The lowest BCUT2D eigenvalue weighted by molar-refractivity contribution is -0.000377. The van der Waals surface area contributed by atoms with E-state index in [-0.39, 0.29) is 0 Å². The van der Waals surface area contributed by atoms with Gasteiger partial charge in [-0.2, -0.15) is 0 Å². The first-order valence-corrected chi connectivity index (χ1v) is 6.96. The van der Waals surface area contributed by atoms with E-state index in [4.69, 9.17) is 5.73 Å². The van der Waals surface area contributed by atoms with Crippen molar-refractivity contribution in [1.29, 1.82) is 0 Å². The molecular weight excluding hydrogens is 222 g/mol. The van der Waals surface area contributed by atoms with Gasteiger partial charge in [0.05, 0.1) is 0 Å². The van der Waals surface area contributed by atoms with Crippen molar-refractivity contribution in [3.63, 3.8) is 0 Å². The zero-order valence-corrected chi connectivity index (χ0v) is 11.1. The van der Waals surface area contributed by atoms with Gasteiger partial charge in [-0.1, -0.05) is 30.3 Å². The van der Waals surface area contributed by atoms with Crippen LogP contribution < -0.4 is 5.73 Å². The molecule has 2 aliphatic heterocycles. The van der Waals surface area contributed by atoms with Crippen LogP contribution in [0.15, 0.2) is 30.3 Å². The van der Waals surface area contributed by atoms with Crippen LogP contribution in [0.1, 0.15) is 18.4 Å². The Kier molecular flexibility index (Phi) is 3.37. The van der Waals surface area contributed by atoms with Crippen LogP contribution in [0, 0.1) is 0 Å². The van der Waals surface area contributed by atoms with Crippen molar-refractivity contribution < 1.29 is 0 Å². The molecule has 0 amide bonds. The van der Waals surface area contributed by atoms with Gasteiger partial charge in [-0.3, -0.25) is 9.80 Å². The van der Waals surface area contributed by atoms with Crippen molar-refractivity contribution in [2.45, 2.75) is 37.5 Å². The Morgan fingerprint density at radius 3 is 2.33 bits per heavy atom. The molecular formula is C15H23N3. The summed E-state index contributed by atoms with van der Waals surface area (Å²) in [5.41, 5.74) is 7.56. The Labute approximate surface area is 110 Å². The van der Waals surface area contributed by atoms with Crippen molar-refractivity contribution in [2.24, 2.45) is 5.73 Å². The third-order valence-electron chi connectivity index (χ3n) is 4.49. The maximum atomic E-state index is 6.14. The van der Waals surface area contributed by atoms with Crippen LogP contribution >= 0.6 is 0 Å². The van der Waals surface area contributed by atoms with Gasteiger partial charge in [0.15, 0.2) is 0 Å². The average molecular weight is 245 g/mol. The molecule has 3 heteroatoms. The lowest BCUT2D eigenvalue weighted by Crippen LogP contribution is -2.62. The van der Waals surface area contributed by atoms with Gasteiger partial charge in [0.1, 0.15) is 0 Å². The molecule has 2 aliphatic rings. The summed E-state index contributed by atoms with van der Waals surface area (Å²) in [6.45, 7) is 3.40. The molecule has 0 unspecified atom stereocenters. The number of likely N-dealkylation sites (tertiary alicyclic amines) is 1. The third kappa shape index (κ3) is 2.44. The van der Waals surface area contributed by atoms with E-state index in [2.05, 4.69) is 47.2 Å². The number of hydrogen-bond acceptors (Lipinski definition) is 3. The number of nitrogens with two attached hydrogens (primary N) is 1. The summed E-state index contributed by atoms with van der Waals surface area (Å²) < 4.78 is 0. The fourth-order valence-corrected chi connectivity index (χ4v) is 3.47. The Morgan fingerprint density at radius 2 is 1.72 bits per heavy atom. The molecule has 0 spiro atoms. The molecule has 3 nitrogen and oxygen atoms in total. The molecule has 1 aromatic carbocycles. The Morgan fingerprint density at radius 1 is 1.11 bits per heavy atom. The smallest absolute Gasteiger partial charge is 0.0238 e. The highest BCUT2D eigenvalue weighted by Gasteiger charge is 2.37. The maximum Gasteiger partial charge on any atom is 0.0238 e. The predicted octanol–water partition coefficient (Wildman–Crippen LogP) is 1.29. The van der Waals surface area contributed by atoms with Gasteiger partial charge in [-0.25, -0.2) is 0 Å². The molecule has 1 aromatic rings. The molecule has 2 N–H and O–H groups in total. The summed E-state index contributed by atoms with van der Waals surface area (Å²) >= 11 is 0. The van der Waals surface area contributed by atoms with Crippen molar-refractivity contribution in [3.05, 3.63) is 35.9 Å². The Balaban J connectivity index is 1.67. The van der Waals surface area contributed by atoms with Gasteiger partial charge < -0.3 is 5.73 Å². The van der Waals surface area contributed by atoms with Gasteiger partial charge in [-0.15, -0.1) is 0 Å². The highest BCUT2D eigenvalue weighted by Crippen LogP contribution is 2.27. The van der Waals surface area contributed by atoms with E-state index < -0.39 is 0 Å². The van der Waals surface area contributed by atoms with Gasteiger partial charge in [-0.05, 0) is 25.5 Å². The highest BCUT2D eigenvalue weighted by atomic mass is 15.3. The molecule has 2 fully saturated rings. The van der Waals surface area contributed by atoms with Crippen molar-refractivity contribution >= 4 is 0 Å². The summed E-state index contributed by atoms with van der Waals surface area (Å²) in [5.74, 6) is 0. The van der Waals surface area contributed by atoms with Gasteiger partial charge in [0.2, 0.25) is 0 Å². The third-order valence-corrected chi connectivity index (χ3v) is 4.49. The molecule has 18 heavy (non-hydrogen) atoms. The standard InChI is InChI=1S/C15H23N3/c1-17-14-7-13(16)8-15(17)11-18(10-14)9-12-5-3-2-4-6-12/h2-6,13-15H,7-11,16H2,1H3/t13-,14-,15+. The summed E-state index contributed by atoms with van der Waals surface area (Å²) in [6.07, 6.45) is 2.30. The minimum Gasteiger partial charge on any atom is -0.328 e. The first kappa shape index (κ1) is 12.2. The van der Waals surface area contributed by atoms with E-state index in [0.29, 0.717) is 18.1 Å². The second-order valence-corrected chi connectivity index (χ2v) is 5.88. The molecule has 2 heterocycles.